The van der Waals surface area contributed by atoms with E-state index in [2.05, 4.69) is 18.4 Å². The Kier molecular flexibility index (Phi) is 6.21. The number of aryl methyl sites for hydroxylation is 2. The van der Waals surface area contributed by atoms with Gasteiger partial charge in [-0.05, 0) is 39.2 Å². The molecule has 0 atom stereocenters. The lowest BCUT2D eigenvalue weighted by Crippen LogP contribution is -2.42. The zero-order valence-corrected chi connectivity index (χ0v) is 16.6. The van der Waals surface area contributed by atoms with E-state index in [1.807, 2.05) is 13.8 Å². The van der Waals surface area contributed by atoms with E-state index >= 15 is 0 Å². The van der Waals surface area contributed by atoms with E-state index in [1.54, 1.807) is 19.1 Å². The van der Waals surface area contributed by atoms with Crippen LogP contribution in [0, 0.1) is 31.1 Å². The van der Waals surface area contributed by atoms with E-state index in [-0.39, 0.29) is 17.9 Å². The van der Waals surface area contributed by atoms with Crippen LogP contribution >= 0.6 is 0 Å². The van der Waals surface area contributed by atoms with Crippen molar-refractivity contribution in [1.82, 2.24) is 13.7 Å². The predicted molar refractivity (Wildman–Crippen MR) is 103 cm³/mol. The molecular formula is C20H26N4O3. The minimum atomic E-state index is -0.728. The quantitative estimate of drug-likeness (QED) is 0.699. The van der Waals surface area contributed by atoms with Gasteiger partial charge in [-0.1, -0.05) is 13.8 Å². The van der Waals surface area contributed by atoms with Crippen molar-refractivity contribution < 1.29 is 4.79 Å². The number of rotatable bonds is 7. The molecule has 7 heteroatoms. The number of hydrogen-bond donors (Lipinski definition) is 0. The molecule has 0 amide bonds. The highest BCUT2D eigenvalue weighted by molar-refractivity contribution is 5.97. The van der Waals surface area contributed by atoms with Gasteiger partial charge in [-0.2, -0.15) is 5.26 Å². The number of nitrogens with zero attached hydrogens (tertiary/aromatic N) is 4. The van der Waals surface area contributed by atoms with Crippen LogP contribution in [0.15, 0.2) is 21.9 Å². The van der Waals surface area contributed by atoms with Crippen molar-refractivity contribution in [3.8, 4) is 6.07 Å². The molecule has 2 rings (SSSR count). The molecular weight excluding hydrogens is 344 g/mol. The van der Waals surface area contributed by atoms with Crippen LogP contribution < -0.4 is 11.2 Å². The first-order valence-electron chi connectivity index (χ1n) is 9.15. The van der Waals surface area contributed by atoms with Crippen molar-refractivity contribution in [2.45, 2.75) is 60.7 Å². The van der Waals surface area contributed by atoms with Crippen LogP contribution in [-0.2, 0) is 19.6 Å². The maximum absolute atomic E-state index is 12.8. The number of ketones is 1. The molecule has 0 fully saturated rings. The molecule has 0 unspecified atom stereocenters. The summed E-state index contributed by atoms with van der Waals surface area (Å²) >= 11 is 0. The fraction of sp³-hybridized carbons (Fsp3) is 0.500. The van der Waals surface area contributed by atoms with Gasteiger partial charge in [0, 0.05) is 36.2 Å². The molecule has 0 aliphatic carbocycles. The van der Waals surface area contributed by atoms with E-state index in [4.69, 9.17) is 5.26 Å². The Labute approximate surface area is 158 Å². The summed E-state index contributed by atoms with van der Waals surface area (Å²) in [7, 11) is 0. The minimum absolute atomic E-state index is 0.147. The smallest absolute Gasteiger partial charge is 0.331 e. The Balaban J connectivity index is 2.42. The number of nitriles is 1. The molecule has 0 saturated carbocycles. The van der Waals surface area contributed by atoms with Gasteiger partial charge in [-0.25, -0.2) is 4.79 Å². The summed E-state index contributed by atoms with van der Waals surface area (Å²) < 4.78 is 4.20. The predicted octanol–water partition coefficient (Wildman–Crippen LogP) is 2.25. The van der Waals surface area contributed by atoms with Gasteiger partial charge in [0.25, 0.3) is 5.56 Å². The zero-order chi connectivity index (χ0) is 20.3. The summed E-state index contributed by atoms with van der Waals surface area (Å²) in [6.45, 7) is 10.6. The largest absolute Gasteiger partial charge is 0.348 e. The van der Waals surface area contributed by atoms with Crippen LogP contribution in [0.5, 0.6) is 0 Å². The summed E-state index contributed by atoms with van der Waals surface area (Å²) in [5.74, 6) is 0.237. The molecule has 0 aromatic carbocycles. The van der Waals surface area contributed by atoms with Gasteiger partial charge >= 0.3 is 5.69 Å². The third-order valence-electron chi connectivity index (χ3n) is 4.80. The van der Waals surface area contributed by atoms with Crippen molar-refractivity contribution in [3.63, 3.8) is 0 Å². The maximum atomic E-state index is 12.8. The van der Waals surface area contributed by atoms with Crippen LogP contribution in [0.4, 0.5) is 0 Å². The fourth-order valence-corrected chi connectivity index (χ4v) is 3.14. The molecule has 0 aliphatic rings. The molecule has 7 nitrogen and oxygen atoms in total. The van der Waals surface area contributed by atoms with Crippen molar-refractivity contribution in [2.75, 3.05) is 0 Å². The number of carbonyl (C=O) groups excluding carboxylic acids is 1. The topological polar surface area (TPSA) is 89.8 Å². The van der Waals surface area contributed by atoms with Crippen LogP contribution in [0.25, 0.3) is 0 Å². The molecule has 0 saturated heterocycles. The lowest BCUT2D eigenvalue weighted by Gasteiger charge is -2.12. The molecule has 0 spiro atoms. The summed E-state index contributed by atoms with van der Waals surface area (Å²) in [5, 5.41) is 9.13. The zero-order valence-electron chi connectivity index (χ0n) is 16.6. The standard InChI is InChI=1S/C20H26N4O3/c1-6-22-11-16(10-21)19(26)24(20(22)27)12-18(25)17-9-14(4)23(15(17)5)8-7-13(2)3/h9,11,13H,6-8,12H2,1-5H3. The summed E-state index contributed by atoms with van der Waals surface area (Å²) in [6, 6.07) is 3.60. The van der Waals surface area contributed by atoms with E-state index < -0.39 is 11.2 Å². The second-order valence-corrected chi connectivity index (χ2v) is 7.16. The normalized spacial score (nSPS) is 11.0. The van der Waals surface area contributed by atoms with Crippen molar-refractivity contribution in [1.29, 1.82) is 5.26 Å². The molecule has 144 valence electrons. The second-order valence-electron chi connectivity index (χ2n) is 7.16. The molecule has 0 N–H and O–H groups in total. The molecule has 27 heavy (non-hydrogen) atoms. The third-order valence-corrected chi connectivity index (χ3v) is 4.80. The molecule has 0 bridgehead atoms. The Morgan fingerprint density at radius 2 is 1.89 bits per heavy atom. The highest BCUT2D eigenvalue weighted by Crippen LogP contribution is 2.18. The molecule has 0 radical (unpaired) electrons. The van der Waals surface area contributed by atoms with E-state index in [0.717, 1.165) is 28.9 Å². The lowest BCUT2D eigenvalue weighted by atomic mass is 10.1. The average Bonchev–Trinajstić information content (AvgIpc) is 2.91. The lowest BCUT2D eigenvalue weighted by molar-refractivity contribution is 0.0967. The first-order chi connectivity index (χ1) is 12.7. The maximum Gasteiger partial charge on any atom is 0.331 e. The summed E-state index contributed by atoms with van der Waals surface area (Å²) in [4.78, 5) is 37.6. The number of Topliss-reactive ketones (excluding diaryl/α,β-unsaturated/α-hetero) is 1. The minimum Gasteiger partial charge on any atom is -0.348 e. The fourth-order valence-electron chi connectivity index (χ4n) is 3.14. The molecule has 2 aromatic heterocycles. The first-order valence-corrected chi connectivity index (χ1v) is 9.15. The van der Waals surface area contributed by atoms with Gasteiger partial charge in [0.05, 0.1) is 6.54 Å². The van der Waals surface area contributed by atoms with Gasteiger partial charge in [0.15, 0.2) is 5.78 Å². The Morgan fingerprint density at radius 3 is 2.44 bits per heavy atom. The van der Waals surface area contributed by atoms with E-state index in [1.165, 1.54) is 10.8 Å². The van der Waals surface area contributed by atoms with E-state index in [9.17, 15) is 14.4 Å². The van der Waals surface area contributed by atoms with Crippen molar-refractivity contribution in [3.05, 3.63) is 55.6 Å². The van der Waals surface area contributed by atoms with Crippen molar-refractivity contribution >= 4 is 5.78 Å². The van der Waals surface area contributed by atoms with Crippen LogP contribution in [0.2, 0.25) is 0 Å². The number of carbonyl (C=O) groups is 1. The molecule has 0 aliphatic heterocycles. The number of hydrogen-bond acceptors (Lipinski definition) is 4. The Morgan fingerprint density at radius 1 is 1.22 bits per heavy atom. The highest BCUT2D eigenvalue weighted by Gasteiger charge is 2.19. The third kappa shape index (κ3) is 4.11. The highest BCUT2D eigenvalue weighted by atomic mass is 16.2. The number of aromatic nitrogens is 3. The van der Waals surface area contributed by atoms with Gasteiger partial charge in [0.2, 0.25) is 0 Å². The van der Waals surface area contributed by atoms with Crippen LogP contribution in [0.3, 0.4) is 0 Å². The van der Waals surface area contributed by atoms with Gasteiger partial charge in [-0.3, -0.25) is 18.7 Å². The molecule has 2 heterocycles. The second kappa shape index (κ2) is 8.21. The summed E-state index contributed by atoms with van der Waals surface area (Å²) in [6.07, 6.45) is 2.23. The van der Waals surface area contributed by atoms with Gasteiger partial charge < -0.3 is 4.57 Å². The average molecular weight is 370 g/mol. The van der Waals surface area contributed by atoms with E-state index in [0.29, 0.717) is 18.0 Å². The van der Waals surface area contributed by atoms with Crippen LogP contribution in [-0.4, -0.2) is 19.5 Å². The monoisotopic (exact) mass is 370 g/mol. The Hall–Kier alpha value is -2.88. The first kappa shape index (κ1) is 20.4. The van der Waals surface area contributed by atoms with Gasteiger partial charge in [0.1, 0.15) is 11.6 Å². The molecule has 2 aromatic rings. The van der Waals surface area contributed by atoms with Crippen molar-refractivity contribution in [2.24, 2.45) is 5.92 Å². The van der Waals surface area contributed by atoms with Gasteiger partial charge in [-0.15, -0.1) is 0 Å². The van der Waals surface area contributed by atoms with Crippen LogP contribution in [0.1, 0.15) is 54.5 Å². The Bertz CT molecular complexity index is 1020. The summed E-state index contributed by atoms with van der Waals surface area (Å²) in [5.41, 5.74) is 0.858. The SMILES string of the molecule is CCn1cc(C#N)c(=O)n(CC(=O)c2cc(C)n(CCC(C)C)c2C)c1=O.